The molecule has 7 nitrogen and oxygen atoms in total. The van der Waals surface area contributed by atoms with E-state index in [2.05, 4.69) is 19.6 Å². The van der Waals surface area contributed by atoms with Gasteiger partial charge in [-0.1, -0.05) is 29.8 Å². The van der Waals surface area contributed by atoms with Gasteiger partial charge in [0.25, 0.3) is 10.2 Å². The summed E-state index contributed by atoms with van der Waals surface area (Å²) < 4.78 is 24.2. The van der Waals surface area contributed by atoms with Crippen LogP contribution in [-0.4, -0.2) is 38.0 Å². The summed E-state index contributed by atoms with van der Waals surface area (Å²) in [6, 6.07) is 9.58. The topological polar surface area (TPSA) is 101 Å². The molecular formula is C17H22ClN5O2S. The number of rotatable bonds is 6. The summed E-state index contributed by atoms with van der Waals surface area (Å²) in [6.07, 6.45) is 4.32. The summed E-state index contributed by atoms with van der Waals surface area (Å²) in [5.74, 6) is 1.36. The van der Waals surface area contributed by atoms with Crippen LogP contribution in [0.15, 0.2) is 36.7 Å². The molecule has 0 atom stereocenters. The molecule has 26 heavy (non-hydrogen) atoms. The molecule has 3 rings (SSSR count). The van der Waals surface area contributed by atoms with Crippen molar-refractivity contribution in [1.29, 1.82) is 0 Å². The largest absolute Gasteiger partial charge is 0.356 e. The van der Waals surface area contributed by atoms with Crippen molar-refractivity contribution in [2.45, 2.75) is 19.3 Å². The van der Waals surface area contributed by atoms with Gasteiger partial charge in [-0.25, -0.2) is 19.8 Å². The Morgan fingerprint density at radius 1 is 1.23 bits per heavy atom. The van der Waals surface area contributed by atoms with Gasteiger partial charge in [-0.3, -0.25) is 0 Å². The molecule has 140 valence electrons. The van der Waals surface area contributed by atoms with Crippen LogP contribution in [0.5, 0.6) is 0 Å². The molecule has 9 heteroatoms. The summed E-state index contributed by atoms with van der Waals surface area (Å²) in [6.45, 7) is 2.13. The van der Waals surface area contributed by atoms with E-state index in [9.17, 15) is 8.42 Å². The molecule has 3 N–H and O–H groups in total. The second kappa shape index (κ2) is 8.30. The summed E-state index contributed by atoms with van der Waals surface area (Å²) in [4.78, 5) is 11.0. The molecule has 2 aromatic rings. The van der Waals surface area contributed by atoms with E-state index in [1.54, 1.807) is 6.33 Å². The van der Waals surface area contributed by atoms with Gasteiger partial charge in [-0.2, -0.15) is 8.42 Å². The summed E-state index contributed by atoms with van der Waals surface area (Å²) >= 11 is 6.26. The lowest BCUT2D eigenvalue weighted by atomic mass is 9.93. The lowest BCUT2D eigenvalue weighted by molar-refractivity contribution is 0.380. The Kier molecular flexibility index (Phi) is 6.08. The van der Waals surface area contributed by atoms with Gasteiger partial charge < -0.3 is 4.90 Å². The van der Waals surface area contributed by atoms with Crippen molar-refractivity contribution < 1.29 is 8.42 Å². The Morgan fingerprint density at radius 3 is 2.65 bits per heavy atom. The minimum Gasteiger partial charge on any atom is -0.356 e. The Bertz CT molecular complexity index is 854. The Labute approximate surface area is 158 Å². The van der Waals surface area contributed by atoms with Crippen LogP contribution in [0.2, 0.25) is 5.02 Å². The molecule has 0 bridgehead atoms. The molecule has 2 heterocycles. The van der Waals surface area contributed by atoms with Crippen molar-refractivity contribution >= 4 is 27.6 Å². The number of hydrogen-bond acceptors (Lipinski definition) is 5. The van der Waals surface area contributed by atoms with Gasteiger partial charge in [0.05, 0.1) is 5.69 Å². The first-order valence-electron chi connectivity index (χ1n) is 8.51. The summed E-state index contributed by atoms with van der Waals surface area (Å²) in [5.41, 5.74) is 1.70. The van der Waals surface area contributed by atoms with Gasteiger partial charge in [0.15, 0.2) is 0 Å². The van der Waals surface area contributed by atoms with Crippen LogP contribution in [0.25, 0.3) is 11.3 Å². The van der Waals surface area contributed by atoms with Crippen molar-refractivity contribution in [3.05, 3.63) is 41.7 Å². The third-order valence-corrected chi connectivity index (χ3v) is 5.53. The number of nitrogens with zero attached hydrogens (tertiary/aromatic N) is 3. The predicted molar refractivity (Wildman–Crippen MR) is 103 cm³/mol. The molecule has 0 amide bonds. The molecule has 1 aliphatic heterocycles. The molecule has 0 radical (unpaired) electrons. The zero-order valence-corrected chi connectivity index (χ0v) is 15.9. The molecule has 0 aliphatic carbocycles. The SMILES string of the molecule is NS(=O)(=O)NCCC1CCN(c2cc(-c3ccccc3Cl)ncn2)CC1. The average molecular weight is 396 g/mol. The highest BCUT2D eigenvalue weighted by molar-refractivity contribution is 7.87. The maximum absolute atomic E-state index is 10.9. The Hall–Kier alpha value is -1.74. The van der Waals surface area contributed by atoms with E-state index < -0.39 is 10.2 Å². The average Bonchev–Trinajstić information content (AvgIpc) is 2.62. The van der Waals surface area contributed by atoms with Crippen molar-refractivity contribution in [2.24, 2.45) is 11.1 Å². The number of nitrogens with two attached hydrogens (primary N) is 1. The quantitative estimate of drug-likeness (QED) is 0.780. The highest BCUT2D eigenvalue weighted by Crippen LogP contribution is 2.29. The van der Waals surface area contributed by atoms with Crippen molar-refractivity contribution in [1.82, 2.24) is 14.7 Å². The second-order valence-electron chi connectivity index (χ2n) is 6.40. The first kappa shape index (κ1) is 19.0. The molecule has 1 aliphatic rings. The monoisotopic (exact) mass is 395 g/mol. The summed E-state index contributed by atoms with van der Waals surface area (Å²) in [7, 11) is -3.60. The maximum atomic E-state index is 10.9. The fourth-order valence-corrected chi connectivity index (χ4v) is 3.83. The number of anilines is 1. The minimum absolute atomic E-state index is 0.383. The molecule has 1 aromatic carbocycles. The van der Waals surface area contributed by atoms with Crippen LogP contribution < -0.4 is 14.8 Å². The van der Waals surface area contributed by atoms with E-state index in [4.69, 9.17) is 16.7 Å². The van der Waals surface area contributed by atoms with E-state index in [1.807, 2.05) is 30.3 Å². The number of benzene rings is 1. The van der Waals surface area contributed by atoms with Crippen molar-refractivity contribution in [3.63, 3.8) is 0 Å². The van der Waals surface area contributed by atoms with Gasteiger partial charge in [0.2, 0.25) is 0 Å². The minimum atomic E-state index is -3.60. The molecule has 0 unspecified atom stereocenters. The van der Waals surface area contributed by atoms with Crippen LogP contribution in [-0.2, 0) is 10.2 Å². The van der Waals surface area contributed by atoms with Crippen LogP contribution in [0.3, 0.4) is 0 Å². The first-order valence-corrected chi connectivity index (χ1v) is 10.4. The van der Waals surface area contributed by atoms with Gasteiger partial charge in [-0.15, -0.1) is 0 Å². The maximum Gasteiger partial charge on any atom is 0.274 e. The van der Waals surface area contributed by atoms with E-state index >= 15 is 0 Å². The van der Waals surface area contributed by atoms with Crippen LogP contribution >= 0.6 is 11.6 Å². The predicted octanol–water partition coefficient (Wildman–Crippen LogP) is 2.20. The number of piperidine rings is 1. The zero-order chi connectivity index (χ0) is 18.6. The molecule has 0 spiro atoms. The molecule has 0 saturated carbocycles. The third-order valence-electron chi connectivity index (χ3n) is 4.60. The number of nitrogens with one attached hydrogen (secondary N) is 1. The normalized spacial score (nSPS) is 16.0. The van der Waals surface area contributed by atoms with Gasteiger partial charge in [0.1, 0.15) is 12.1 Å². The molecular weight excluding hydrogens is 374 g/mol. The number of hydrogen-bond donors (Lipinski definition) is 2. The number of aromatic nitrogens is 2. The second-order valence-corrected chi connectivity index (χ2v) is 8.19. The summed E-state index contributed by atoms with van der Waals surface area (Å²) in [5, 5.41) is 5.62. The highest BCUT2D eigenvalue weighted by Gasteiger charge is 2.21. The lowest BCUT2D eigenvalue weighted by Gasteiger charge is -2.32. The van der Waals surface area contributed by atoms with Gasteiger partial charge in [0, 0.05) is 36.3 Å². The van der Waals surface area contributed by atoms with Crippen LogP contribution in [0, 0.1) is 5.92 Å². The van der Waals surface area contributed by atoms with Crippen LogP contribution in [0.4, 0.5) is 5.82 Å². The van der Waals surface area contributed by atoms with Crippen molar-refractivity contribution in [2.75, 3.05) is 24.5 Å². The molecule has 1 fully saturated rings. The van der Waals surface area contributed by atoms with Gasteiger partial charge in [-0.05, 0) is 31.2 Å². The Morgan fingerprint density at radius 2 is 1.96 bits per heavy atom. The Balaban J connectivity index is 1.60. The highest BCUT2D eigenvalue weighted by atomic mass is 35.5. The van der Waals surface area contributed by atoms with E-state index in [0.29, 0.717) is 17.5 Å². The standard InChI is InChI=1S/C17H22ClN5O2S/c18-15-4-2-1-3-14(15)16-11-17(21-12-20-16)23-9-6-13(7-10-23)5-8-22-26(19,24)25/h1-4,11-13,22H,5-10H2,(H2,19,24,25). The van der Waals surface area contributed by atoms with Gasteiger partial charge >= 0.3 is 0 Å². The molecule has 1 aromatic heterocycles. The lowest BCUT2D eigenvalue weighted by Crippen LogP contribution is -2.36. The van der Waals surface area contributed by atoms with E-state index in [0.717, 1.165) is 49.4 Å². The van der Waals surface area contributed by atoms with Crippen LogP contribution in [0.1, 0.15) is 19.3 Å². The fraction of sp³-hybridized carbons (Fsp3) is 0.412. The zero-order valence-electron chi connectivity index (χ0n) is 14.3. The van der Waals surface area contributed by atoms with E-state index in [-0.39, 0.29) is 0 Å². The number of halogens is 1. The van der Waals surface area contributed by atoms with E-state index in [1.165, 1.54) is 0 Å². The van der Waals surface area contributed by atoms with Crippen molar-refractivity contribution in [3.8, 4) is 11.3 Å². The first-order chi connectivity index (χ1) is 12.4. The third kappa shape index (κ3) is 5.14. The smallest absolute Gasteiger partial charge is 0.274 e. The fourth-order valence-electron chi connectivity index (χ4n) is 3.19. The molecule has 1 saturated heterocycles.